The lowest BCUT2D eigenvalue weighted by atomic mass is 10.2. The topological polar surface area (TPSA) is 63.2 Å². The van der Waals surface area contributed by atoms with Gasteiger partial charge >= 0.3 is 0 Å². The van der Waals surface area contributed by atoms with Crippen molar-refractivity contribution in [2.45, 2.75) is 19.0 Å². The Morgan fingerprint density at radius 1 is 1.41 bits per heavy atom. The Bertz CT molecular complexity index is 639. The lowest BCUT2D eigenvalue weighted by Gasteiger charge is -2.17. The van der Waals surface area contributed by atoms with Crippen LogP contribution in [-0.2, 0) is 6.54 Å². The van der Waals surface area contributed by atoms with Crippen molar-refractivity contribution in [2.24, 2.45) is 0 Å². The average Bonchev–Trinajstić information content (AvgIpc) is 2.97. The van der Waals surface area contributed by atoms with Crippen LogP contribution in [0.25, 0.3) is 0 Å². The number of aromatic nitrogens is 3. The molecule has 1 N–H and O–H groups in total. The van der Waals surface area contributed by atoms with Gasteiger partial charge in [-0.15, -0.1) is 0 Å². The monoisotopic (exact) mass is 319 g/mol. The molecule has 1 aliphatic rings. The highest BCUT2D eigenvalue weighted by Crippen LogP contribution is 2.20. The fourth-order valence-corrected chi connectivity index (χ4v) is 2.79. The van der Waals surface area contributed by atoms with Crippen molar-refractivity contribution < 1.29 is 4.74 Å². The molecule has 3 rings (SSSR count). The third-order valence-electron chi connectivity index (χ3n) is 3.71. The highest BCUT2D eigenvalue weighted by Gasteiger charge is 2.23. The second-order valence-electron chi connectivity index (χ2n) is 5.26. The standard InChI is InChI=1S/C15H18ClN5O/c1-22-14-7-13(18-10-19-14)20-12-4-6-21(9-12)8-11-3-2-5-17-15(11)16/h2-3,5,7,10,12H,4,6,8-9H2,1H3,(H,18,19,20). The van der Waals surface area contributed by atoms with Crippen LogP contribution in [-0.4, -0.2) is 46.1 Å². The molecule has 2 aromatic heterocycles. The van der Waals surface area contributed by atoms with Gasteiger partial charge in [0, 0.05) is 43.5 Å². The van der Waals surface area contributed by atoms with Gasteiger partial charge in [-0.2, -0.15) is 0 Å². The lowest BCUT2D eigenvalue weighted by molar-refractivity contribution is 0.328. The molecule has 0 aromatic carbocycles. The van der Waals surface area contributed by atoms with Crippen LogP contribution in [0.4, 0.5) is 5.82 Å². The quantitative estimate of drug-likeness (QED) is 0.853. The van der Waals surface area contributed by atoms with E-state index in [0.29, 0.717) is 17.1 Å². The number of nitrogens with zero attached hydrogens (tertiary/aromatic N) is 4. The first-order chi connectivity index (χ1) is 10.7. The second-order valence-corrected chi connectivity index (χ2v) is 5.62. The maximum atomic E-state index is 6.12. The molecule has 3 heterocycles. The van der Waals surface area contributed by atoms with Crippen LogP contribution in [0.1, 0.15) is 12.0 Å². The molecular formula is C15H18ClN5O. The fraction of sp³-hybridized carbons (Fsp3) is 0.400. The van der Waals surface area contributed by atoms with Gasteiger partial charge in [0.1, 0.15) is 17.3 Å². The van der Waals surface area contributed by atoms with Crippen molar-refractivity contribution in [1.29, 1.82) is 0 Å². The van der Waals surface area contributed by atoms with Gasteiger partial charge in [-0.3, -0.25) is 4.90 Å². The zero-order chi connectivity index (χ0) is 15.4. The molecule has 0 spiro atoms. The van der Waals surface area contributed by atoms with E-state index in [0.717, 1.165) is 37.4 Å². The minimum atomic E-state index is 0.357. The summed E-state index contributed by atoms with van der Waals surface area (Å²) in [6.07, 6.45) is 4.27. The predicted molar refractivity (Wildman–Crippen MR) is 85.1 cm³/mol. The molecular weight excluding hydrogens is 302 g/mol. The molecule has 6 nitrogen and oxygen atoms in total. The minimum absolute atomic E-state index is 0.357. The van der Waals surface area contributed by atoms with Gasteiger partial charge in [-0.05, 0) is 12.5 Å². The van der Waals surface area contributed by atoms with Crippen molar-refractivity contribution in [3.63, 3.8) is 0 Å². The lowest BCUT2D eigenvalue weighted by Crippen LogP contribution is -2.26. The summed E-state index contributed by atoms with van der Waals surface area (Å²) in [7, 11) is 1.60. The summed E-state index contributed by atoms with van der Waals surface area (Å²) in [5, 5.41) is 4.01. The number of nitrogens with one attached hydrogen (secondary N) is 1. The van der Waals surface area contributed by atoms with Gasteiger partial charge in [-0.25, -0.2) is 15.0 Å². The summed E-state index contributed by atoms with van der Waals surface area (Å²) in [5.41, 5.74) is 1.06. The summed E-state index contributed by atoms with van der Waals surface area (Å²) in [6, 6.07) is 6.10. The summed E-state index contributed by atoms with van der Waals surface area (Å²) in [4.78, 5) is 14.7. The Balaban J connectivity index is 1.57. The largest absolute Gasteiger partial charge is 0.481 e. The van der Waals surface area contributed by atoms with Crippen LogP contribution in [0.5, 0.6) is 5.88 Å². The fourth-order valence-electron chi connectivity index (χ4n) is 2.61. The number of likely N-dealkylation sites (tertiary alicyclic amines) is 1. The van der Waals surface area contributed by atoms with Gasteiger partial charge in [-0.1, -0.05) is 17.7 Å². The molecule has 0 bridgehead atoms. The Kier molecular flexibility index (Phi) is 4.70. The van der Waals surface area contributed by atoms with Crippen molar-refractivity contribution in [3.8, 4) is 5.88 Å². The minimum Gasteiger partial charge on any atom is -0.481 e. The molecule has 0 saturated carbocycles. The number of ether oxygens (including phenoxy) is 1. The maximum Gasteiger partial charge on any atom is 0.218 e. The Morgan fingerprint density at radius 3 is 3.14 bits per heavy atom. The molecule has 0 amide bonds. The van der Waals surface area contributed by atoms with E-state index in [9.17, 15) is 0 Å². The number of hydrogen-bond donors (Lipinski definition) is 1. The van der Waals surface area contributed by atoms with Crippen LogP contribution in [0.3, 0.4) is 0 Å². The molecule has 0 aliphatic carbocycles. The van der Waals surface area contributed by atoms with E-state index < -0.39 is 0 Å². The van der Waals surface area contributed by atoms with E-state index in [1.165, 1.54) is 6.33 Å². The number of hydrogen-bond acceptors (Lipinski definition) is 6. The smallest absolute Gasteiger partial charge is 0.218 e. The average molecular weight is 320 g/mol. The van der Waals surface area contributed by atoms with Gasteiger partial charge in [0.25, 0.3) is 0 Å². The highest BCUT2D eigenvalue weighted by atomic mass is 35.5. The number of halogens is 1. The van der Waals surface area contributed by atoms with E-state index in [4.69, 9.17) is 16.3 Å². The van der Waals surface area contributed by atoms with E-state index in [1.54, 1.807) is 19.4 Å². The number of anilines is 1. The van der Waals surface area contributed by atoms with Crippen molar-refractivity contribution >= 4 is 17.4 Å². The molecule has 1 saturated heterocycles. The SMILES string of the molecule is COc1cc(NC2CCN(Cc3cccnc3Cl)C2)ncn1. The Hall–Kier alpha value is -1.92. The normalized spacial score (nSPS) is 18.4. The molecule has 2 aromatic rings. The van der Waals surface area contributed by atoms with Crippen molar-refractivity contribution in [1.82, 2.24) is 19.9 Å². The van der Waals surface area contributed by atoms with Crippen LogP contribution < -0.4 is 10.1 Å². The Labute approximate surface area is 134 Å². The van der Waals surface area contributed by atoms with E-state index in [-0.39, 0.29) is 0 Å². The number of rotatable bonds is 5. The van der Waals surface area contributed by atoms with Gasteiger partial charge in [0.15, 0.2) is 0 Å². The first-order valence-electron chi connectivity index (χ1n) is 7.19. The zero-order valence-corrected chi connectivity index (χ0v) is 13.1. The summed E-state index contributed by atoms with van der Waals surface area (Å²) < 4.78 is 5.11. The molecule has 0 radical (unpaired) electrons. The highest BCUT2D eigenvalue weighted by molar-refractivity contribution is 6.30. The van der Waals surface area contributed by atoms with Crippen molar-refractivity contribution in [2.75, 3.05) is 25.5 Å². The van der Waals surface area contributed by atoms with Crippen molar-refractivity contribution in [3.05, 3.63) is 41.4 Å². The summed E-state index contributed by atoms with van der Waals surface area (Å²) in [5.74, 6) is 1.35. The van der Waals surface area contributed by atoms with E-state index in [2.05, 4.69) is 25.2 Å². The van der Waals surface area contributed by atoms with Crippen LogP contribution in [0, 0.1) is 0 Å². The molecule has 1 atom stereocenters. The molecule has 1 fully saturated rings. The molecule has 7 heteroatoms. The number of methoxy groups -OCH3 is 1. The zero-order valence-electron chi connectivity index (χ0n) is 12.4. The van der Waals surface area contributed by atoms with Gasteiger partial charge in [0.05, 0.1) is 7.11 Å². The van der Waals surface area contributed by atoms with Gasteiger partial charge < -0.3 is 10.1 Å². The predicted octanol–water partition coefficient (Wildman–Crippen LogP) is 2.22. The summed E-state index contributed by atoms with van der Waals surface area (Å²) in [6.45, 7) is 2.78. The molecule has 1 unspecified atom stereocenters. The third-order valence-corrected chi connectivity index (χ3v) is 4.05. The maximum absolute atomic E-state index is 6.12. The number of pyridine rings is 1. The second kappa shape index (κ2) is 6.89. The molecule has 116 valence electrons. The van der Waals surface area contributed by atoms with Gasteiger partial charge in [0.2, 0.25) is 5.88 Å². The first kappa shape index (κ1) is 15.0. The van der Waals surface area contributed by atoms with E-state index >= 15 is 0 Å². The van der Waals surface area contributed by atoms with Crippen LogP contribution in [0.15, 0.2) is 30.7 Å². The summed E-state index contributed by atoms with van der Waals surface area (Å²) >= 11 is 6.12. The third kappa shape index (κ3) is 3.64. The van der Waals surface area contributed by atoms with E-state index in [1.807, 2.05) is 12.1 Å². The van der Waals surface area contributed by atoms with Crippen LogP contribution in [0.2, 0.25) is 5.15 Å². The first-order valence-corrected chi connectivity index (χ1v) is 7.56. The molecule has 1 aliphatic heterocycles. The Morgan fingerprint density at radius 2 is 2.32 bits per heavy atom. The van der Waals surface area contributed by atoms with Crippen LogP contribution >= 0.6 is 11.6 Å². The molecule has 22 heavy (non-hydrogen) atoms.